The second-order valence-electron chi connectivity index (χ2n) is 9.98. The number of nitrogens with zero attached hydrogens (tertiary/aromatic N) is 5. The molecule has 0 atom stereocenters. The molecular weight excluding hydrogens is 508 g/mol. The van der Waals surface area contributed by atoms with Crippen LogP contribution in [0.2, 0.25) is 0 Å². The van der Waals surface area contributed by atoms with Crippen LogP contribution in [-0.4, -0.2) is 72.5 Å². The number of piperazine rings is 1. The first-order valence-corrected chi connectivity index (χ1v) is 14.9. The number of fused-ring (bicyclic) bond motifs is 1. The van der Waals surface area contributed by atoms with E-state index in [4.69, 9.17) is 14.7 Å². The van der Waals surface area contributed by atoms with E-state index < -0.39 is 0 Å². The number of anilines is 3. The molecule has 1 fully saturated rings. The van der Waals surface area contributed by atoms with Crippen LogP contribution in [0.3, 0.4) is 0 Å². The highest BCUT2D eigenvalue weighted by Crippen LogP contribution is 2.28. The molecule has 0 spiro atoms. The summed E-state index contributed by atoms with van der Waals surface area (Å²) in [5.41, 5.74) is 3.93. The molecule has 10 heteroatoms. The molecule has 5 rings (SSSR count). The number of aromatic nitrogens is 4. The Hall–Kier alpha value is -3.21. The summed E-state index contributed by atoms with van der Waals surface area (Å²) in [5, 5.41) is 13.7. The van der Waals surface area contributed by atoms with E-state index >= 15 is 0 Å². The zero-order valence-corrected chi connectivity index (χ0v) is 23.9. The second kappa shape index (κ2) is 13.7. The maximum absolute atomic E-state index is 5.23. The molecule has 208 valence electrons. The summed E-state index contributed by atoms with van der Waals surface area (Å²) in [4.78, 5) is 17.6. The van der Waals surface area contributed by atoms with Gasteiger partial charge in [0, 0.05) is 76.7 Å². The van der Waals surface area contributed by atoms with Gasteiger partial charge in [-0.15, -0.1) is 11.3 Å². The number of methoxy groups -OCH3 is 1. The minimum Gasteiger partial charge on any atom is -0.385 e. The van der Waals surface area contributed by atoms with Crippen molar-refractivity contribution in [3.63, 3.8) is 0 Å². The maximum atomic E-state index is 5.23. The molecule has 39 heavy (non-hydrogen) atoms. The number of unbranched alkanes of at least 4 members (excludes halogenated alkanes) is 3. The average molecular weight is 549 g/mol. The van der Waals surface area contributed by atoms with Gasteiger partial charge in [-0.2, -0.15) is 0 Å². The topological polar surface area (TPSA) is 92.2 Å². The lowest BCUT2D eigenvalue weighted by atomic mass is 10.1. The maximum Gasteiger partial charge on any atom is 0.199 e. The zero-order valence-electron chi connectivity index (χ0n) is 23.1. The van der Waals surface area contributed by atoms with Gasteiger partial charge in [-0.05, 0) is 55.0 Å². The predicted octanol–water partition coefficient (Wildman–Crippen LogP) is 5.00. The van der Waals surface area contributed by atoms with E-state index in [-0.39, 0.29) is 0 Å². The third-order valence-electron chi connectivity index (χ3n) is 7.16. The Morgan fingerprint density at radius 1 is 1.03 bits per heavy atom. The summed E-state index contributed by atoms with van der Waals surface area (Å²) in [7, 11) is 1.71. The number of thiophene rings is 1. The molecule has 3 N–H and O–H groups in total. The number of hydrogen-bond donors (Lipinski definition) is 3. The highest BCUT2D eigenvalue weighted by atomic mass is 32.1. The Balaban J connectivity index is 1.06. The molecule has 0 unspecified atom stereocenters. The average Bonchev–Trinajstić information content (AvgIpc) is 3.63. The van der Waals surface area contributed by atoms with Crippen LogP contribution < -0.4 is 20.9 Å². The summed E-state index contributed by atoms with van der Waals surface area (Å²) in [5.74, 6) is 2.31. The van der Waals surface area contributed by atoms with E-state index in [0.717, 1.165) is 80.5 Å². The van der Waals surface area contributed by atoms with Crippen molar-refractivity contribution in [1.29, 1.82) is 0 Å². The minimum atomic E-state index is 0.619. The van der Waals surface area contributed by atoms with E-state index in [2.05, 4.69) is 62.4 Å². The first kappa shape index (κ1) is 27.4. The molecule has 0 bridgehead atoms. The van der Waals surface area contributed by atoms with Gasteiger partial charge >= 0.3 is 0 Å². The van der Waals surface area contributed by atoms with Gasteiger partial charge in [0.1, 0.15) is 10.6 Å². The molecule has 3 aromatic heterocycles. The molecule has 1 aliphatic heterocycles. The number of ether oxygens (including phenoxy) is 1. The van der Waals surface area contributed by atoms with Crippen LogP contribution in [0.25, 0.3) is 21.9 Å². The molecule has 0 amide bonds. The first-order valence-electron chi connectivity index (χ1n) is 14.0. The van der Waals surface area contributed by atoms with Crippen LogP contribution in [0.15, 0.2) is 42.0 Å². The number of imidazole rings is 1. The van der Waals surface area contributed by atoms with Gasteiger partial charge in [-0.1, -0.05) is 12.8 Å². The molecule has 1 aromatic carbocycles. The van der Waals surface area contributed by atoms with Crippen molar-refractivity contribution < 1.29 is 4.74 Å². The summed E-state index contributed by atoms with van der Waals surface area (Å²) in [6, 6.07) is 8.86. The quantitative estimate of drug-likeness (QED) is 0.190. The van der Waals surface area contributed by atoms with Crippen LogP contribution in [0, 0.1) is 6.92 Å². The van der Waals surface area contributed by atoms with Crippen molar-refractivity contribution >= 4 is 38.7 Å². The Kier molecular flexibility index (Phi) is 9.63. The Bertz CT molecular complexity index is 1330. The van der Waals surface area contributed by atoms with Crippen LogP contribution >= 0.6 is 11.3 Å². The van der Waals surface area contributed by atoms with Crippen LogP contribution in [0.5, 0.6) is 0 Å². The number of hydrogen-bond acceptors (Lipinski definition) is 9. The van der Waals surface area contributed by atoms with Crippen molar-refractivity contribution in [2.45, 2.75) is 39.2 Å². The van der Waals surface area contributed by atoms with E-state index in [9.17, 15) is 0 Å². The molecule has 0 radical (unpaired) electrons. The number of nitrogens with one attached hydrogen (secondary N) is 3. The van der Waals surface area contributed by atoms with Crippen molar-refractivity contribution in [2.24, 2.45) is 0 Å². The third kappa shape index (κ3) is 7.06. The van der Waals surface area contributed by atoms with Gasteiger partial charge in [0.25, 0.3) is 0 Å². The molecule has 1 saturated heterocycles. The molecule has 4 aromatic rings. The Labute approximate surface area is 235 Å². The normalized spacial score (nSPS) is 13.7. The third-order valence-corrected chi connectivity index (χ3v) is 7.96. The van der Waals surface area contributed by atoms with Gasteiger partial charge in [-0.3, -0.25) is 0 Å². The van der Waals surface area contributed by atoms with Gasteiger partial charge < -0.3 is 30.2 Å². The second-order valence-corrected chi connectivity index (χ2v) is 10.9. The lowest BCUT2D eigenvalue weighted by Gasteiger charge is -2.31. The number of rotatable bonds is 14. The molecular formula is C29H40N8OS. The lowest BCUT2D eigenvalue weighted by Crippen LogP contribution is -2.43. The van der Waals surface area contributed by atoms with E-state index in [1.54, 1.807) is 24.6 Å². The van der Waals surface area contributed by atoms with Gasteiger partial charge in [0.05, 0.1) is 12.0 Å². The van der Waals surface area contributed by atoms with Gasteiger partial charge in [0.2, 0.25) is 0 Å². The summed E-state index contributed by atoms with van der Waals surface area (Å²) < 4.78 is 7.27. The van der Waals surface area contributed by atoms with Crippen LogP contribution in [-0.2, 0) is 11.3 Å². The SMILES string of the molecule is COCCn1ccnc1-c1nc(NCCCCCCNc2ccc(N3CCNCC3)c(C)c2)c2ccsc2n1. The molecule has 9 nitrogen and oxygen atoms in total. The van der Waals surface area contributed by atoms with Crippen molar-refractivity contribution in [2.75, 3.05) is 68.5 Å². The van der Waals surface area contributed by atoms with E-state index in [0.29, 0.717) is 12.4 Å². The first-order chi connectivity index (χ1) is 19.2. The molecule has 0 aliphatic carbocycles. The van der Waals surface area contributed by atoms with Crippen LogP contribution in [0.4, 0.5) is 17.2 Å². The smallest absolute Gasteiger partial charge is 0.199 e. The summed E-state index contributed by atoms with van der Waals surface area (Å²) in [6.45, 7) is 9.74. The fraction of sp³-hybridized carbons (Fsp3) is 0.483. The fourth-order valence-corrected chi connectivity index (χ4v) is 5.81. The predicted molar refractivity (Wildman–Crippen MR) is 162 cm³/mol. The standard InChI is InChI=1S/C29H40N8OS/c1-22-21-23(7-8-25(22)36-15-12-30-13-16-36)31-10-5-3-4-6-11-32-26-24-9-20-39-29(24)35-27(34-26)28-33-14-17-37(28)18-19-38-2/h7-9,14,17,20-21,30-31H,3-6,10-13,15-16,18-19H2,1-2H3,(H,32,34,35). The largest absolute Gasteiger partial charge is 0.385 e. The summed E-state index contributed by atoms with van der Waals surface area (Å²) in [6.07, 6.45) is 8.38. The Morgan fingerprint density at radius 2 is 1.85 bits per heavy atom. The minimum absolute atomic E-state index is 0.619. The monoisotopic (exact) mass is 548 g/mol. The zero-order chi connectivity index (χ0) is 26.9. The fourth-order valence-electron chi connectivity index (χ4n) is 5.04. The molecule has 1 aliphatic rings. The van der Waals surface area contributed by atoms with E-state index in [1.807, 2.05) is 10.8 Å². The lowest BCUT2D eigenvalue weighted by molar-refractivity contribution is 0.187. The van der Waals surface area contributed by atoms with Gasteiger partial charge in [-0.25, -0.2) is 15.0 Å². The highest BCUT2D eigenvalue weighted by Gasteiger charge is 2.15. The van der Waals surface area contributed by atoms with Gasteiger partial charge in [0.15, 0.2) is 11.6 Å². The summed E-state index contributed by atoms with van der Waals surface area (Å²) >= 11 is 1.63. The van der Waals surface area contributed by atoms with E-state index in [1.165, 1.54) is 29.8 Å². The van der Waals surface area contributed by atoms with Crippen molar-refractivity contribution in [3.05, 3.63) is 47.6 Å². The molecule has 0 saturated carbocycles. The number of benzene rings is 1. The highest BCUT2D eigenvalue weighted by molar-refractivity contribution is 7.16. The molecule has 4 heterocycles. The van der Waals surface area contributed by atoms with Crippen molar-refractivity contribution in [1.82, 2.24) is 24.8 Å². The Morgan fingerprint density at radius 3 is 2.64 bits per heavy atom. The van der Waals surface area contributed by atoms with Crippen LogP contribution in [0.1, 0.15) is 31.2 Å². The number of aryl methyl sites for hydroxylation is 1. The van der Waals surface area contributed by atoms with Crippen molar-refractivity contribution in [3.8, 4) is 11.6 Å².